The zero-order chi connectivity index (χ0) is 26.3. The molecule has 6 rings (SSSR count). The Morgan fingerprint density at radius 2 is 2.05 bits per heavy atom. The summed E-state index contributed by atoms with van der Waals surface area (Å²) in [4.78, 5) is 4.51. The number of hydrogen-bond donors (Lipinski definition) is 4. The van der Waals surface area contributed by atoms with Gasteiger partial charge in [-0.1, -0.05) is 37.1 Å². The molecule has 0 saturated heterocycles. The highest BCUT2D eigenvalue weighted by Gasteiger charge is 2.33. The van der Waals surface area contributed by atoms with Gasteiger partial charge < -0.3 is 16.1 Å². The summed E-state index contributed by atoms with van der Waals surface area (Å²) in [5.41, 5.74) is 12.0. The topological polar surface area (TPSA) is 112 Å². The van der Waals surface area contributed by atoms with Crippen molar-refractivity contribution < 1.29 is 0 Å². The number of hydrogen-bond acceptors (Lipinski definition) is 8. The fourth-order valence-electron chi connectivity index (χ4n) is 5.21. The molecule has 1 unspecified atom stereocenters. The van der Waals surface area contributed by atoms with Crippen LogP contribution in [0.1, 0.15) is 61.8 Å². The highest BCUT2D eigenvalue weighted by Crippen LogP contribution is 2.42. The highest BCUT2D eigenvalue weighted by atomic mass is 35.5. The molecule has 0 spiro atoms. The third-order valence-electron chi connectivity index (χ3n) is 7.82. The van der Waals surface area contributed by atoms with E-state index in [4.69, 9.17) is 11.6 Å². The minimum Gasteiger partial charge on any atom is -0.383 e. The second-order valence-corrected chi connectivity index (χ2v) is 11.2. The van der Waals surface area contributed by atoms with Gasteiger partial charge in [0.1, 0.15) is 6.07 Å². The van der Waals surface area contributed by atoms with Crippen LogP contribution in [0.25, 0.3) is 10.9 Å². The molecule has 0 bridgehead atoms. The van der Waals surface area contributed by atoms with Crippen molar-refractivity contribution in [2.45, 2.75) is 51.1 Å². The first-order valence-corrected chi connectivity index (χ1v) is 13.4. The van der Waals surface area contributed by atoms with Gasteiger partial charge in [0.2, 0.25) is 0 Å². The molecule has 1 aliphatic heterocycles. The summed E-state index contributed by atoms with van der Waals surface area (Å²) >= 11 is 6.76. The lowest BCUT2D eigenvalue weighted by atomic mass is 9.70. The van der Waals surface area contributed by atoms with Crippen molar-refractivity contribution >= 4 is 33.9 Å². The molecule has 192 valence electrons. The quantitative estimate of drug-likeness (QED) is 0.296. The molecule has 2 saturated carbocycles. The van der Waals surface area contributed by atoms with Crippen LogP contribution in [0.3, 0.4) is 0 Å². The molecule has 8 nitrogen and oxygen atoms in total. The smallest absolute Gasteiger partial charge is 0.103 e. The molecule has 3 aromatic rings. The van der Waals surface area contributed by atoms with Crippen molar-refractivity contribution in [2.75, 3.05) is 17.2 Å². The molecule has 9 heteroatoms. The third kappa shape index (κ3) is 4.69. The summed E-state index contributed by atoms with van der Waals surface area (Å²) in [6, 6.07) is 16.2. The van der Waals surface area contributed by atoms with Crippen LogP contribution in [-0.2, 0) is 0 Å². The molecule has 2 fully saturated rings. The highest BCUT2D eigenvalue weighted by molar-refractivity contribution is 6.35. The van der Waals surface area contributed by atoms with E-state index in [-0.39, 0.29) is 11.5 Å². The fourth-order valence-corrected chi connectivity index (χ4v) is 5.48. The average Bonchev–Trinajstić information content (AvgIpc) is 3.66. The lowest BCUT2D eigenvalue weighted by molar-refractivity contribution is 0.180. The number of aromatic nitrogens is 1. The van der Waals surface area contributed by atoms with E-state index in [1.807, 2.05) is 30.3 Å². The van der Waals surface area contributed by atoms with Crippen LogP contribution in [0.4, 0.5) is 11.4 Å². The van der Waals surface area contributed by atoms with E-state index in [0.29, 0.717) is 27.7 Å². The normalized spacial score (nSPS) is 18.5. The Balaban J connectivity index is 1.39. The van der Waals surface area contributed by atoms with Crippen molar-refractivity contribution in [3.8, 4) is 12.1 Å². The van der Waals surface area contributed by atoms with Gasteiger partial charge in [0.05, 0.1) is 45.2 Å². The molecule has 2 heterocycles. The van der Waals surface area contributed by atoms with Gasteiger partial charge in [0.25, 0.3) is 0 Å². The zero-order valence-corrected chi connectivity index (χ0v) is 21.9. The molecule has 0 radical (unpaired) electrons. The summed E-state index contributed by atoms with van der Waals surface area (Å²) in [6.45, 7) is 3.07. The fraction of sp³-hybridized carbons (Fsp3) is 0.345. The van der Waals surface area contributed by atoms with Gasteiger partial charge in [-0.3, -0.25) is 9.99 Å². The first-order chi connectivity index (χ1) is 18.5. The largest absolute Gasteiger partial charge is 0.383 e. The maximum atomic E-state index is 9.85. The number of rotatable bonds is 8. The summed E-state index contributed by atoms with van der Waals surface area (Å²) in [6.07, 6.45) is 9.58. The van der Waals surface area contributed by atoms with E-state index in [0.717, 1.165) is 47.4 Å². The van der Waals surface area contributed by atoms with E-state index in [1.165, 1.54) is 19.3 Å². The Morgan fingerprint density at radius 1 is 1.21 bits per heavy atom. The van der Waals surface area contributed by atoms with Crippen molar-refractivity contribution in [1.82, 2.24) is 21.0 Å². The monoisotopic (exact) mass is 524 g/mol. The van der Waals surface area contributed by atoms with Crippen molar-refractivity contribution in [2.24, 2.45) is 5.41 Å². The van der Waals surface area contributed by atoms with E-state index >= 15 is 0 Å². The SMILES string of the molecule is CC1(CNc2c(C#N)cnc3c(Cl)cc(NC(C4=CN(C5CC5)NN4)c4cccc(C#N)c4)cc23)CCC1. The van der Waals surface area contributed by atoms with Gasteiger partial charge in [0.15, 0.2) is 0 Å². The Morgan fingerprint density at radius 3 is 2.76 bits per heavy atom. The number of pyridine rings is 1. The Hall–Kier alpha value is -3.98. The standard InChI is InChI=1S/C29H29ClN8/c1-29(8-3-9-29)17-34-26-20(14-32)15-33-28-23(26)11-21(12-24(28)30)35-27(19-5-2-4-18(10-19)13-31)25-16-38(37-36-25)22-6-7-22/h2,4-5,10-12,15-16,22,27,35-37H,3,6-9,17H2,1H3,(H,33,34). The Bertz CT molecular complexity index is 1510. The molecule has 4 N–H and O–H groups in total. The molecule has 38 heavy (non-hydrogen) atoms. The van der Waals surface area contributed by atoms with Gasteiger partial charge >= 0.3 is 0 Å². The number of nitrogens with zero attached hydrogens (tertiary/aromatic N) is 4. The maximum Gasteiger partial charge on any atom is 0.103 e. The van der Waals surface area contributed by atoms with Crippen LogP contribution >= 0.6 is 11.6 Å². The number of nitrogens with one attached hydrogen (secondary N) is 4. The molecule has 1 atom stereocenters. The maximum absolute atomic E-state index is 9.85. The van der Waals surface area contributed by atoms with E-state index in [2.05, 4.69) is 56.8 Å². The minimum atomic E-state index is -0.273. The van der Waals surface area contributed by atoms with Gasteiger partial charge in [-0.25, -0.2) is 0 Å². The number of anilines is 2. The van der Waals surface area contributed by atoms with Crippen LogP contribution in [0, 0.1) is 28.1 Å². The summed E-state index contributed by atoms with van der Waals surface area (Å²) in [5, 5.41) is 29.9. The minimum absolute atomic E-state index is 0.236. The second kappa shape index (κ2) is 9.72. The summed E-state index contributed by atoms with van der Waals surface area (Å²) in [7, 11) is 0. The van der Waals surface area contributed by atoms with E-state index in [9.17, 15) is 10.5 Å². The Kier molecular flexibility index (Phi) is 6.23. The second-order valence-electron chi connectivity index (χ2n) is 10.8. The predicted octanol–water partition coefficient (Wildman–Crippen LogP) is 5.72. The Labute approximate surface area is 227 Å². The van der Waals surface area contributed by atoms with Crippen molar-refractivity contribution in [3.63, 3.8) is 0 Å². The molecule has 2 aromatic carbocycles. The lowest BCUT2D eigenvalue weighted by Crippen LogP contribution is -2.38. The summed E-state index contributed by atoms with van der Waals surface area (Å²) in [5.74, 6) is 0. The average molecular weight is 525 g/mol. The number of benzene rings is 2. The number of fused-ring (bicyclic) bond motifs is 1. The molecule has 2 aliphatic carbocycles. The molecule has 0 amide bonds. The van der Waals surface area contributed by atoms with E-state index in [1.54, 1.807) is 12.3 Å². The summed E-state index contributed by atoms with van der Waals surface area (Å²) < 4.78 is 0. The predicted molar refractivity (Wildman–Crippen MR) is 149 cm³/mol. The van der Waals surface area contributed by atoms with Crippen LogP contribution in [0.2, 0.25) is 5.02 Å². The number of halogens is 1. The lowest BCUT2D eigenvalue weighted by Gasteiger charge is -2.38. The van der Waals surface area contributed by atoms with Gasteiger partial charge in [-0.05, 0) is 60.9 Å². The number of hydrazine groups is 2. The van der Waals surface area contributed by atoms with Gasteiger partial charge in [-0.2, -0.15) is 10.5 Å². The van der Waals surface area contributed by atoms with Crippen molar-refractivity contribution in [1.29, 1.82) is 10.5 Å². The van der Waals surface area contributed by atoms with Gasteiger partial charge in [0, 0.05) is 36.1 Å². The van der Waals surface area contributed by atoms with Crippen LogP contribution in [-0.4, -0.2) is 22.6 Å². The van der Waals surface area contributed by atoms with Crippen LogP contribution < -0.4 is 21.6 Å². The van der Waals surface area contributed by atoms with E-state index < -0.39 is 0 Å². The van der Waals surface area contributed by atoms with Crippen molar-refractivity contribution in [3.05, 3.63) is 76.2 Å². The van der Waals surface area contributed by atoms with Crippen LogP contribution in [0.5, 0.6) is 0 Å². The van der Waals surface area contributed by atoms with Gasteiger partial charge in [-0.15, -0.1) is 5.53 Å². The first-order valence-electron chi connectivity index (χ1n) is 13.0. The van der Waals surface area contributed by atoms with Crippen LogP contribution in [0.15, 0.2) is 54.5 Å². The molecule has 1 aromatic heterocycles. The zero-order valence-electron chi connectivity index (χ0n) is 21.2. The number of nitriles is 2. The first kappa shape index (κ1) is 24.4. The third-order valence-corrected chi connectivity index (χ3v) is 8.10. The molecule has 3 aliphatic rings. The molecular formula is C29H29ClN8. The molecular weight excluding hydrogens is 496 g/mol.